The van der Waals surface area contributed by atoms with Gasteiger partial charge in [-0.05, 0) is 53.7 Å². The monoisotopic (exact) mass is 483 g/mol. The lowest BCUT2D eigenvalue weighted by Gasteiger charge is -2.12. The minimum Gasteiger partial charge on any atom is -0.422 e. The van der Waals surface area contributed by atoms with Crippen molar-refractivity contribution in [3.05, 3.63) is 104 Å². The minimum absolute atomic E-state index is 0.173. The van der Waals surface area contributed by atoms with Gasteiger partial charge >= 0.3 is 5.97 Å². The Morgan fingerprint density at radius 2 is 1.69 bits per heavy atom. The molecule has 1 saturated heterocycles. The van der Waals surface area contributed by atoms with Crippen LogP contribution in [0.4, 0.5) is 4.79 Å². The van der Waals surface area contributed by atoms with Crippen LogP contribution in [0.5, 0.6) is 5.75 Å². The highest BCUT2D eigenvalue weighted by Gasteiger charge is 2.35. The van der Waals surface area contributed by atoms with Crippen LogP contribution >= 0.6 is 35.0 Å². The van der Waals surface area contributed by atoms with Crippen molar-refractivity contribution in [2.24, 2.45) is 0 Å². The van der Waals surface area contributed by atoms with Crippen molar-refractivity contribution in [2.75, 3.05) is 0 Å². The molecule has 0 radical (unpaired) electrons. The molecule has 0 atom stereocenters. The molecule has 160 valence electrons. The molecule has 3 aromatic carbocycles. The summed E-state index contributed by atoms with van der Waals surface area (Å²) in [6.45, 7) is 0.173. The van der Waals surface area contributed by atoms with E-state index in [1.807, 2.05) is 30.3 Å². The predicted octanol–water partition coefficient (Wildman–Crippen LogP) is 6.45. The quantitative estimate of drug-likeness (QED) is 0.237. The molecule has 4 rings (SSSR count). The Labute approximate surface area is 198 Å². The van der Waals surface area contributed by atoms with E-state index in [0.717, 1.165) is 17.3 Å². The summed E-state index contributed by atoms with van der Waals surface area (Å²) in [6.07, 6.45) is 1.50. The summed E-state index contributed by atoms with van der Waals surface area (Å²) in [6, 6.07) is 20.4. The van der Waals surface area contributed by atoms with Gasteiger partial charge in [0.05, 0.1) is 22.0 Å². The zero-order chi connectivity index (χ0) is 22.7. The molecule has 0 saturated carbocycles. The average Bonchev–Trinajstić information content (AvgIpc) is 3.04. The first-order valence-corrected chi connectivity index (χ1v) is 11.0. The van der Waals surface area contributed by atoms with Gasteiger partial charge < -0.3 is 4.74 Å². The highest BCUT2D eigenvalue weighted by atomic mass is 35.5. The number of amides is 2. The number of esters is 1. The Balaban J connectivity index is 1.60. The third kappa shape index (κ3) is 4.88. The van der Waals surface area contributed by atoms with Gasteiger partial charge in [-0.2, -0.15) is 0 Å². The van der Waals surface area contributed by atoms with Crippen molar-refractivity contribution < 1.29 is 19.1 Å². The van der Waals surface area contributed by atoms with Crippen molar-refractivity contribution in [1.82, 2.24) is 4.90 Å². The van der Waals surface area contributed by atoms with Gasteiger partial charge in [-0.1, -0.05) is 65.7 Å². The molecule has 1 aliphatic heterocycles. The lowest BCUT2D eigenvalue weighted by atomic mass is 10.1. The molecule has 8 heteroatoms. The molecular weight excluding hydrogens is 469 g/mol. The largest absolute Gasteiger partial charge is 0.422 e. The summed E-state index contributed by atoms with van der Waals surface area (Å²) >= 11 is 13.0. The second kappa shape index (κ2) is 9.61. The summed E-state index contributed by atoms with van der Waals surface area (Å²) in [5, 5.41) is 0.272. The van der Waals surface area contributed by atoms with Crippen LogP contribution in [0.1, 0.15) is 21.5 Å². The van der Waals surface area contributed by atoms with E-state index in [4.69, 9.17) is 27.9 Å². The zero-order valence-electron chi connectivity index (χ0n) is 16.5. The number of carbonyl (C=O) groups is 3. The van der Waals surface area contributed by atoms with Gasteiger partial charge in [-0.3, -0.25) is 14.5 Å². The number of halogens is 2. The molecule has 32 heavy (non-hydrogen) atoms. The van der Waals surface area contributed by atoms with Crippen LogP contribution in [0.25, 0.3) is 6.08 Å². The van der Waals surface area contributed by atoms with E-state index in [1.54, 1.807) is 36.4 Å². The van der Waals surface area contributed by atoms with Crippen LogP contribution in [0.15, 0.2) is 77.7 Å². The highest BCUT2D eigenvalue weighted by Crippen LogP contribution is 2.36. The van der Waals surface area contributed by atoms with E-state index in [2.05, 4.69) is 0 Å². The standard InChI is InChI=1S/C24H15Cl2NO4S/c25-17-10-11-20(31-23(29)18-8-4-5-9-19(18)26)16(12-17)13-21-22(28)27(24(30)32-21)14-15-6-2-1-3-7-15/h1-13H,14H2/b21-13-. The Morgan fingerprint density at radius 3 is 2.44 bits per heavy atom. The van der Waals surface area contributed by atoms with Crippen LogP contribution in [0.2, 0.25) is 10.0 Å². The van der Waals surface area contributed by atoms with Crippen molar-refractivity contribution in [3.63, 3.8) is 0 Å². The van der Waals surface area contributed by atoms with Gasteiger partial charge in [-0.25, -0.2) is 4.79 Å². The van der Waals surface area contributed by atoms with Crippen molar-refractivity contribution in [2.45, 2.75) is 6.54 Å². The molecule has 0 spiro atoms. The topological polar surface area (TPSA) is 63.7 Å². The van der Waals surface area contributed by atoms with E-state index in [-0.39, 0.29) is 33.0 Å². The Bertz CT molecular complexity index is 1240. The van der Waals surface area contributed by atoms with Gasteiger partial charge in [0.25, 0.3) is 11.1 Å². The molecule has 2 amide bonds. The second-order valence-electron chi connectivity index (χ2n) is 6.80. The van der Waals surface area contributed by atoms with Crippen LogP contribution in [0, 0.1) is 0 Å². The number of ether oxygens (including phenoxy) is 1. The smallest absolute Gasteiger partial charge is 0.345 e. The normalized spacial score (nSPS) is 14.8. The number of nitrogens with zero attached hydrogens (tertiary/aromatic N) is 1. The van der Waals surface area contributed by atoms with Crippen molar-refractivity contribution >= 4 is 58.2 Å². The number of imide groups is 1. The Kier molecular flexibility index (Phi) is 6.65. The molecule has 1 fully saturated rings. The summed E-state index contributed by atoms with van der Waals surface area (Å²) in [5.74, 6) is -0.883. The third-order valence-corrected chi connectivity index (χ3v) is 6.08. The average molecular weight is 484 g/mol. The first-order chi connectivity index (χ1) is 15.4. The maximum Gasteiger partial charge on any atom is 0.345 e. The lowest BCUT2D eigenvalue weighted by molar-refractivity contribution is -0.123. The minimum atomic E-state index is -0.648. The number of thioether (sulfide) groups is 1. The van der Waals surface area contributed by atoms with Gasteiger partial charge in [-0.15, -0.1) is 0 Å². The first-order valence-electron chi connectivity index (χ1n) is 9.48. The molecule has 3 aromatic rings. The molecule has 5 nitrogen and oxygen atoms in total. The van der Waals surface area contributed by atoms with Crippen molar-refractivity contribution in [3.8, 4) is 5.75 Å². The highest BCUT2D eigenvalue weighted by molar-refractivity contribution is 8.18. The van der Waals surface area contributed by atoms with Crippen LogP contribution < -0.4 is 4.74 Å². The maximum atomic E-state index is 12.9. The summed E-state index contributed by atoms with van der Waals surface area (Å²) in [7, 11) is 0. The van der Waals surface area contributed by atoms with E-state index in [0.29, 0.717) is 10.6 Å². The number of carbonyl (C=O) groups excluding carboxylic acids is 3. The van der Waals surface area contributed by atoms with E-state index >= 15 is 0 Å². The molecule has 0 aromatic heterocycles. The molecule has 0 N–H and O–H groups in total. The Morgan fingerprint density at radius 1 is 0.969 bits per heavy atom. The van der Waals surface area contributed by atoms with Crippen LogP contribution in [0.3, 0.4) is 0 Å². The molecule has 1 heterocycles. The van der Waals surface area contributed by atoms with E-state index in [1.165, 1.54) is 17.0 Å². The number of hydrogen-bond donors (Lipinski definition) is 0. The zero-order valence-corrected chi connectivity index (χ0v) is 18.8. The van der Waals surface area contributed by atoms with E-state index < -0.39 is 11.9 Å². The van der Waals surface area contributed by atoms with Crippen LogP contribution in [-0.2, 0) is 11.3 Å². The summed E-state index contributed by atoms with van der Waals surface area (Å²) < 4.78 is 5.52. The predicted molar refractivity (Wildman–Crippen MR) is 126 cm³/mol. The van der Waals surface area contributed by atoms with E-state index in [9.17, 15) is 14.4 Å². The first kappa shape index (κ1) is 22.1. The van der Waals surface area contributed by atoms with Gasteiger partial charge in [0.15, 0.2) is 0 Å². The maximum absolute atomic E-state index is 12.9. The van der Waals surface area contributed by atoms with Crippen LogP contribution in [-0.4, -0.2) is 22.0 Å². The molecule has 0 aliphatic carbocycles. The second-order valence-corrected chi connectivity index (χ2v) is 8.64. The molecule has 0 unspecified atom stereocenters. The number of benzene rings is 3. The SMILES string of the molecule is O=C(Oc1ccc(Cl)cc1/C=C1\SC(=O)N(Cc2ccccc2)C1=O)c1ccccc1Cl. The number of rotatable bonds is 5. The Hall–Kier alpha value is -3.06. The van der Waals surface area contributed by atoms with Gasteiger partial charge in [0.2, 0.25) is 0 Å². The molecule has 0 bridgehead atoms. The third-order valence-electron chi connectivity index (χ3n) is 4.61. The molecule has 1 aliphatic rings. The number of hydrogen-bond acceptors (Lipinski definition) is 5. The fourth-order valence-electron chi connectivity index (χ4n) is 3.05. The summed E-state index contributed by atoms with van der Waals surface area (Å²) in [4.78, 5) is 39.3. The van der Waals surface area contributed by atoms with Gasteiger partial charge in [0, 0.05) is 10.6 Å². The fourth-order valence-corrected chi connectivity index (χ4v) is 4.27. The lowest BCUT2D eigenvalue weighted by Crippen LogP contribution is -2.27. The summed E-state index contributed by atoms with van der Waals surface area (Å²) in [5.41, 5.74) is 1.44. The van der Waals surface area contributed by atoms with Crippen molar-refractivity contribution in [1.29, 1.82) is 0 Å². The van der Waals surface area contributed by atoms with Gasteiger partial charge in [0.1, 0.15) is 5.75 Å². The fraction of sp³-hybridized carbons (Fsp3) is 0.0417. The molecular formula is C24H15Cl2NO4S.